The van der Waals surface area contributed by atoms with Gasteiger partial charge in [0.15, 0.2) is 0 Å². The number of hydrogen-bond acceptors (Lipinski definition) is 4. The lowest BCUT2D eigenvalue weighted by molar-refractivity contribution is -0.122. The van der Waals surface area contributed by atoms with E-state index in [9.17, 15) is 14.4 Å². The van der Waals surface area contributed by atoms with E-state index >= 15 is 0 Å². The van der Waals surface area contributed by atoms with Gasteiger partial charge < -0.3 is 4.57 Å². The van der Waals surface area contributed by atoms with E-state index in [4.69, 9.17) is 0 Å². The largest absolute Gasteiger partial charge is 0.335 e. The number of nitrogens with one attached hydrogen (secondary N) is 1. The summed E-state index contributed by atoms with van der Waals surface area (Å²) < 4.78 is 2.00. The minimum Gasteiger partial charge on any atom is -0.316 e. The number of hydrogen-bond donors (Lipinski definition) is 1. The van der Waals surface area contributed by atoms with E-state index in [-0.39, 0.29) is 5.57 Å². The molecule has 1 saturated heterocycles. The summed E-state index contributed by atoms with van der Waals surface area (Å²) in [6, 6.07) is 10.2. The Labute approximate surface area is 180 Å². The van der Waals surface area contributed by atoms with Crippen LogP contribution in [0.15, 0.2) is 54.4 Å². The van der Waals surface area contributed by atoms with Crippen molar-refractivity contribution in [3.8, 4) is 5.69 Å². The molecule has 1 aromatic carbocycles. The predicted octanol–water partition coefficient (Wildman–Crippen LogP) is 3.77. The molecule has 0 unspecified atom stereocenters. The zero-order chi connectivity index (χ0) is 22.3. The number of carbonyl (C=O) groups is 3. The van der Waals surface area contributed by atoms with Gasteiger partial charge in [-0.15, -0.1) is 0 Å². The Morgan fingerprint density at radius 3 is 2.39 bits per heavy atom. The number of pyridine rings is 1. The number of barbiturate groups is 1. The molecule has 0 radical (unpaired) electrons. The smallest absolute Gasteiger partial charge is 0.316 e. The van der Waals surface area contributed by atoms with E-state index in [1.807, 2.05) is 56.5 Å². The van der Waals surface area contributed by atoms with Crippen LogP contribution in [0.1, 0.15) is 28.1 Å². The maximum Gasteiger partial charge on any atom is 0.335 e. The van der Waals surface area contributed by atoms with Crippen molar-refractivity contribution in [2.45, 2.75) is 27.7 Å². The van der Waals surface area contributed by atoms with Gasteiger partial charge >= 0.3 is 6.03 Å². The zero-order valence-corrected chi connectivity index (χ0v) is 17.8. The van der Waals surface area contributed by atoms with Gasteiger partial charge in [-0.05, 0) is 80.8 Å². The van der Waals surface area contributed by atoms with Crippen molar-refractivity contribution in [1.82, 2.24) is 14.9 Å². The monoisotopic (exact) mass is 414 g/mol. The molecule has 4 amide bonds. The average molecular weight is 414 g/mol. The van der Waals surface area contributed by atoms with Crippen LogP contribution in [0.3, 0.4) is 0 Å². The van der Waals surface area contributed by atoms with Crippen molar-refractivity contribution in [3.63, 3.8) is 0 Å². The fraction of sp³-hybridized carbons (Fsp3) is 0.167. The molecule has 4 rings (SSSR count). The number of urea groups is 1. The number of nitrogens with zero attached hydrogens (tertiary/aromatic N) is 3. The minimum atomic E-state index is -0.753. The van der Waals surface area contributed by atoms with Gasteiger partial charge in [-0.25, -0.2) is 9.69 Å². The summed E-state index contributed by atoms with van der Waals surface area (Å²) in [6.45, 7) is 7.70. The second-order valence-corrected chi connectivity index (χ2v) is 7.60. The SMILES string of the molecule is Cc1ccc(N2C(=O)NC(=O)C(=Cc3cc(C)n(-c4cccnc4)c3C)C2=O)cc1C. The Bertz CT molecular complexity index is 1260. The predicted molar refractivity (Wildman–Crippen MR) is 118 cm³/mol. The molecule has 1 fully saturated rings. The number of amides is 4. The number of aryl methyl sites for hydroxylation is 3. The second kappa shape index (κ2) is 7.68. The van der Waals surface area contributed by atoms with Crippen molar-refractivity contribution in [3.05, 3.63) is 82.4 Å². The van der Waals surface area contributed by atoms with Gasteiger partial charge in [0, 0.05) is 17.6 Å². The lowest BCUT2D eigenvalue weighted by Gasteiger charge is -2.26. The third-order valence-electron chi connectivity index (χ3n) is 5.52. The van der Waals surface area contributed by atoms with Crippen LogP contribution in [0.5, 0.6) is 0 Å². The highest BCUT2D eigenvalue weighted by Gasteiger charge is 2.37. The number of anilines is 1. The first kappa shape index (κ1) is 20.3. The van der Waals surface area contributed by atoms with Crippen LogP contribution in [0.4, 0.5) is 10.5 Å². The molecule has 7 heteroatoms. The number of benzene rings is 1. The summed E-state index contributed by atoms with van der Waals surface area (Å²) in [5, 5.41) is 2.28. The van der Waals surface area contributed by atoms with E-state index in [1.165, 1.54) is 6.08 Å². The normalized spacial score (nSPS) is 15.5. The highest BCUT2D eigenvalue weighted by molar-refractivity contribution is 6.39. The number of carbonyl (C=O) groups excluding carboxylic acids is 3. The van der Waals surface area contributed by atoms with E-state index in [0.717, 1.165) is 33.1 Å². The van der Waals surface area contributed by atoms with E-state index in [1.54, 1.807) is 24.5 Å². The minimum absolute atomic E-state index is 0.0933. The van der Waals surface area contributed by atoms with Crippen LogP contribution >= 0.6 is 0 Å². The quantitative estimate of drug-likeness (QED) is 0.522. The summed E-state index contributed by atoms with van der Waals surface area (Å²) in [5.74, 6) is -1.36. The molecule has 31 heavy (non-hydrogen) atoms. The Balaban J connectivity index is 1.77. The summed E-state index contributed by atoms with van der Waals surface area (Å²) >= 11 is 0. The summed E-state index contributed by atoms with van der Waals surface area (Å²) in [4.78, 5) is 43.3. The first-order valence-corrected chi connectivity index (χ1v) is 9.86. The van der Waals surface area contributed by atoms with Crippen LogP contribution in [-0.2, 0) is 9.59 Å². The highest BCUT2D eigenvalue weighted by Crippen LogP contribution is 2.26. The molecule has 156 valence electrons. The molecule has 2 aromatic heterocycles. The van der Waals surface area contributed by atoms with Gasteiger partial charge in [0.1, 0.15) is 5.57 Å². The van der Waals surface area contributed by atoms with Crippen LogP contribution in [0.2, 0.25) is 0 Å². The van der Waals surface area contributed by atoms with E-state index in [0.29, 0.717) is 11.3 Å². The molecule has 1 aliphatic rings. The van der Waals surface area contributed by atoms with Gasteiger partial charge in [0.05, 0.1) is 17.6 Å². The standard InChI is InChI=1S/C24H22N4O3/c1-14-7-8-19(10-15(14)2)28-23(30)21(22(29)26-24(28)31)12-18-11-16(3)27(17(18)4)20-6-5-9-25-13-20/h5-13H,1-4H3,(H,26,29,31). The number of imide groups is 2. The maximum atomic E-state index is 13.2. The molecular formula is C24H22N4O3. The fourth-order valence-corrected chi connectivity index (χ4v) is 3.73. The maximum absolute atomic E-state index is 13.2. The molecule has 0 spiro atoms. The molecule has 3 aromatic rings. The summed E-state index contributed by atoms with van der Waals surface area (Å²) in [6.07, 6.45) is 4.98. The number of rotatable bonds is 3. The van der Waals surface area contributed by atoms with Crippen LogP contribution in [-0.4, -0.2) is 27.4 Å². The molecule has 0 atom stereocenters. The Morgan fingerprint density at radius 2 is 1.71 bits per heavy atom. The second-order valence-electron chi connectivity index (χ2n) is 7.60. The third-order valence-corrected chi connectivity index (χ3v) is 5.52. The van der Waals surface area contributed by atoms with Crippen molar-refractivity contribution in [1.29, 1.82) is 0 Å². The van der Waals surface area contributed by atoms with Crippen molar-refractivity contribution < 1.29 is 14.4 Å². The topological polar surface area (TPSA) is 84.3 Å². The van der Waals surface area contributed by atoms with Crippen LogP contribution < -0.4 is 10.2 Å². The highest BCUT2D eigenvalue weighted by atomic mass is 16.2. The van der Waals surface area contributed by atoms with E-state index in [2.05, 4.69) is 10.3 Å². The van der Waals surface area contributed by atoms with Gasteiger partial charge in [-0.1, -0.05) is 6.07 Å². The molecule has 0 aliphatic carbocycles. The van der Waals surface area contributed by atoms with Gasteiger partial charge in [-0.2, -0.15) is 0 Å². The molecule has 1 aliphatic heterocycles. The Kier molecular flexibility index (Phi) is 5.02. The molecule has 0 saturated carbocycles. The molecule has 3 heterocycles. The first-order valence-electron chi connectivity index (χ1n) is 9.86. The summed E-state index contributed by atoms with van der Waals surface area (Å²) in [7, 11) is 0. The lowest BCUT2D eigenvalue weighted by Crippen LogP contribution is -2.54. The third kappa shape index (κ3) is 3.54. The average Bonchev–Trinajstić information content (AvgIpc) is 3.01. The van der Waals surface area contributed by atoms with Gasteiger partial charge in [0.25, 0.3) is 11.8 Å². The van der Waals surface area contributed by atoms with Gasteiger partial charge in [-0.3, -0.25) is 19.9 Å². The van der Waals surface area contributed by atoms with Crippen molar-refractivity contribution >= 4 is 29.6 Å². The number of aromatic nitrogens is 2. The van der Waals surface area contributed by atoms with Crippen molar-refractivity contribution in [2.75, 3.05) is 4.90 Å². The van der Waals surface area contributed by atoms with E-state index < -0.39 is 17.8 Å². The van der Waals surface area contributed by atoms with Crippen LogP contribution in [0.25, 0.3) is 11.8 Å². The lowest BCUT2D eigenvalue weighted by atomic mass is 10.1. The van der Waals surface area contributed by atoms with Crippen molar-refractivity contribution in [2.24, 2.45) is 0 Å². The Hall–Kier alpha value is -4.00. The molecule has 1 N–H and O–H groups in total. The first-order chi connectivity index (χ1) is 14.8. The molecule has 7 nitrogen and oxygen atoms in total. The van der Waals surface area contributed by atoms with Crippen LogP contribution in [0, 0.1) is 27.7 Å². The summed E-state index contributed by atoms with van der Waals surface area (Å²) in [5.41, 5.74) is 5.71. The molecule has 0 bridgehead atoms. The van der Waals surface area contributed by atoms with Gasteiger partial charge in [0.2, 0.25) is 0 Å². The Morgan fingerprint density at radius 1 is 0.935 bits per heavy atom. The zero-order valence-electron chi connectivity index (χ0n) is 17.8. The fourth-order valence-electron chi connectivity index (χ4n) is 3.73. The molecular weight excluding hydrogens is 392 g/mol.